The summed E-state index contributed by atoms with van der Waals surface area (Å²) in [7, 11) is -3.63. The van der Waals surface area contributed by atoms with Crippen LogP contribution < -0.4 is 10.0 Å². The summed E-state index contributed by atoms with van der Waals surface area (Å²) in [5.41, 5.74) is 0.300. The number of benzene rings is 1. The number of hydrogen-bond donors (Lipinski definition) is 3. The molecule has 0 amide bonds. The van der Waals surface area contributed by atoms with Crippen molar-refractivity contribution in [1.82, 2.24) is 4.72 Å². The molecule has 0 aliphatic carbocycles. The minimum Gasteiger partial charge on any atom is -0.480 e. The van der Waals surface area contributed by atoms with Gasteiger partial charge in [-0.2, -0.15) is 0 Å². The van der Waals surface area contributed by atoms with E-state index in [0.717, 1.165) is 0 Å². The largest absolute Gasteiger partial charge is 0.480 e. The first-order chi connectivity index (χ1) is 9.42. The lowest BCUT2D eigenvalue weighted by atomic mass is 10.1. The fraction of sp³-hybridized carbons (Fsp3) is 0.462. The minimum atomic E-state index is -3.63. The van der Waals surface area contributed by atoms with Crippen molar-refractivity contribution in [2.45, 2.75) is 37.6 Å². The maximum absolute atomic E-state index is 12.1. The molecular weight excluding hydrogens is 280 g/mol. The minimum absolute atomic E-state index is 0.0594. The lowest BCUT2D eigenvalue weighted by Gasteiger charge is -2.17. The van der Waals surface area contributed by atoms with Gasteiger partial charge in [-0.05, 0) is 18.6 Å². The fourth-order valence-electron chi connectivity index (χ4n) is 1.82. The summed E-state index contributed by atoms with van der Waals surface area (Å²) in [6.07, 6.45) is 1.11. The molecule has 1 rings (SSSR count). The molecular formula is C13H20N2O4S. The average molecular weight is 300 g/mol. The summed E-state index contributed by atoms with van der Waals surface area (Å²) in [5, 5.41) is 11.9. The van der Waals surface area contributed by atoms with Crippen molar-refractivity contribution in [3.63, 3.8) is 0 Å². The van der Waals surface area contributed by atoms with Crippen LogP contribution in [0.2, 0.25) is 0 Å². The number of carboxylic acid groups (broad SMARTS) is 1. The monoisotopic (exact) mass is 300 g/mol. The smallest absolute Gasteiger partial charge is 0.326 e. The Bertz CT molecular complexity index is 557. The highest BCUT2D eigenvalue weighted by Gasteiger charge is 2.21. The van der Waals surface area contributed by atoms with Crippen LogP contribution in [0.1, 0.15) is 26.7 Å². The van der Waals surface area contributed by atoms with Gasteiger partial charge in [-0.25, -0.2) is 17.9 Å². The second kappa shape index (κ2) is 7.25. The molecule has 3 N–H and O–H groups in total. The molecule has 0 heterocycles. The van der Waals surface area contributed by atoms with Crippen LogP contribution in [0, 0.1) is 0 Å². The summed E-state index contributed by atoms with van der Waals surface area (Å²) in [5.74, 6) is -0.998. The molecule has 1 atom stereocenters. The molecule has 20 heavy (non-hydrogen) atoms. The second-order valence-electron chi connectivity index (χ2n) is 4.32. The Morgan fingerprint density at radius 3 is 2.50 bits per heavy atom. The third kappa shape index (κ3) is 4.21. The molecule has 0 aliphatic heterocycles. The molecule has 0 spiro atoms. The zero-order valence-electron chi connectivity index (χ0n) is 11.6. The van der Waals surface area contributed by atoms with Gasteiger partial charge < -0.3 is 10.4 Å². The Balaban J connectivity index is 3.10. The average Bonchev–Trinajstić information content (AvgIpc) is 2.38. The molecule has 0 saturated carbocycles. The topological polar surface area (TPSA) is 95.5 Å². The van der Waals surface area contributed by atoms with E-state index < -0.39 is 22.0 Å². The third-order valence-electron chi connectivity index (χ3n) is 2.72. The Morgan fingerprint density at radius 1 is 1.30 bits per heavy atom. The number of anilines is 1. The van der Waals surface area contributed by atoms with E-state index in [-0.39, 0.29) is 11.4 Å². The predicted molar refractivity (Wildman–Crippen MR) is 77.3 cm³/mol. The van der Waals surface area contributed by atoms with Gasteiger partial charge in [0, 0.05) is 6.54 Å². The molecule has 0 fully saturated rings. The number of hydrogen-bond acceptors (Lipinski definition) is 4. The highest BCUT2D eigenvalue weighted by molar-refractivity contribution is 7.89. The second-order valence-corrected chi connectivity index (χ2v) is 6.06. The quantitative estimate of drug-likeness (QED) is 0.678. The molecule has 112 valence electrons. The summed E-state index contributed by atoms with van der Waals surface area (Å²) in [6, 6.07) is 5.47. The van der Waals surface area contributed by atoms with Gasteiger partial charge in [0.1, 0.15) is 10.9 Å². The van der Waals surface area contributed by atoms with Crippen molar-refractivity contribution in [2.24, 2.45) is 0 Å². The zero-order chi connectivity index (χ0) is 15.2. The van der Waals surface area contributed by atoms with Crippen molar-refractivity contribution < 1.29 is 18.3 Å². The molecule has 0 aromatic heterocycles. The lowest BCUT2D eigenvalue weighted by molar-refractivity contribution is -0.138. The van der Waals surface area contributed by atoms with E-state index in [2.05, 4.69) is 10.0 Å². The molecule has 6 nitrogen and oxygen atoms in total. The standard InChI is InChI=1S/C13H20N2O4S/c1-3-7-11(13(16)17)15-10-8-5-6-9-12(10)20(18,19)14-4-2/h5-6,8-9,11,14-15H,3-4,7H2,1-2H3,(H,16,17). The van der Waals surface area contributed by atoms with Crippen LogP contribution in [0.5, 0.6) is 0 Å². The summed E-state index contributed by atoms with van der Waals surface area (Å²) < 4.78 is 26.5. The fourth-order valence-corrected chi connectivity index (χ4v) is 3.03. The Hall–Kier alpha value is -1.60. The van der Waals surface area contributed by atoms with Crippen molar-refractivity contribution >= 4 is 21.7 Å². The number of carboxylic acids is 1. The van der Waals surface area contributed by atoms with Crippen LogP contribution in [0.3, 0.4) is 0 Å². The molecule has 0 radical (unpaired) electrons. The van der Waals surface area contributed by atoms with E-state index in [9.17, 15) is 13.2 Å². The van der Waals surface area contributed by atoms with E-state index in [1.165, 1.54) is 6.07 Å². The van der Waals surface area contributed by atoms with Crippen molar-refractivity contribution in [3.05, 3.63) is 24.3 Å². The van der Waals surface area contributed by atoms with Crippen LogP contribution in [0.15, 0.2) is 29.2 Å². The predicted octanol–water partition coefficient (Wildman–Crippen LogP) is 1.65. The number of aliphatic carboxylic acids is 1. The molecule has 0 bridgehead atoms. The van der Waals surface area contributed by atoms with Gasteiger partial charge in [-0.1, -0.05) is 32.4 Å². The third-order valence-corrected chi connectivity index (χ3v) is 4.32. The van der Waals surface area contributed by atoms with Gasteiger partial charge in [0.2, 0.25) is 10.0 Å². The highest BCUT2D eigenvalue weighted by atomic mass is 32.2. The summed E-state index contributed by atoms with van der Waals surface area (Å²) in [6.45, 7) is 3.83. The number of rotatable bonds is 8. The van der Waals surface area contributed by atoms with Gasteiger partial charge in [-0.3, -0.25) is 0 Å². The normalized spacial score (nSPS) is 12.9. The molecule has 1 unspecified atom stereocenters. The maximum Gasteiger partial charge on any atom is 0.326 e. The van der Waals surface area contributed by atoms with Gasteiger partial charge in [0.25, 0.3) is 0 Å². The Morgan fingerprint density at radius 2 is 1.95 bits per heavy atom. The van der Waals surface area contributed by atoms with Crippen molar-refractivity contribution in [3.8, 4) is 0 Å². The van der Waals surface area contributed by atoms with Crippen LogP contribution in [0.4, 0.5) is 5.69 Å². The molecule has 7 heteroatoms. The van der Waals surface area contributed by atoms with Crippen LogP contribution in [-0.4, -0.2) is 32.1 Å². The van der Waals surface area contributed by atoms with Gasteiger partial charge in [-0.15, -0.1) is 0 Å². The van der Waals surface area contributed by atoms with Crippen molar-refractivity contribution in [1.29, 1.82) is 0 Å². The van der Waals surface area contributed by atoms with Gasteiger partial charge >= 0.3 is 5.97 Å². The highest BCUT2D eigenvalue weighted by Crippen LogP contribution is 2.22. The van der Waals surface area contributed by atoms with E-state index in [4.69, 9.17) is 5.11 Å². The number of carbonyl (C=O) groups is 1. The van der Waals surface area contributed by atoms with Gasteiger partial charge in [0.15, 0.2) is 0 Å². The molecule has 1 aromatic rings. The van der Waals surface area contributed by atoms with Crippen LogP contribution in [0.25, 0.3) is 0 Å². The number of nitrogens with one attached hydrogen (secondary N) is 2. The number of para-hydroxylation sites is 1. The first-order valence-corrected chi connectivity index (χ1v) is 7.98. The van der Waals surface area contributed by atoms with Crippen LogP contribution in [-0.2, 0) is 14.8 Å². The molecule has 0 saturated heterocycles. The summed E-state index contributed by atoms with van der Waals surface area (Å²) >= 11 is 0. The van der Waals surface area contributed by atoms with E-state index in [0.29, 0.717) is 18.5 Å². The van der Waals surface area contributed by atoms with Gasteiger partial charge in [0.05, 0.1) is 5.69 Å². The first kappa shape index (κ1) is 16.5. The molecule has 0 aliphatic rings. The van der Waals surface area contributed by atoms with E-state index >= 15 is 0 Å². The lowest BCUT2D eigenvalue weighted by Crippen LogP contribution is -2.31. The molecule has 1 aromatic carbocycles. The maximum atomic E-state index is 12.1. The van der Waals surface area contributed by atoms with E-state index in [1.807, 2.05) is 6.92 Å². The van der Waals surface area contributed by atoms with Crippen LogP contribution >= 0.6 is 0 Å². The first-order valence-electron chi connectivity index (χ1n) is 6.50. The Kier molecular flexibility index (Phi) is 5.97. The number of sulfonamides is 1. The Labute approximate surface area is 119 Å². The van der Waals surface area contributed by atoms with E-state index in [1.54, 1.807) is 25.1 Å². The SMILES string of the molecule is CCCC(Nc1ccccc1S(=O)(=O)NCC)C(=O)O. The summed E-state index contributed by atoms with van der Waals surface area (Å²) in [4.78, 5) is 11.2. The zero-order valence-corrected chi connectivity index (χ0v) is 12.4. The van der Waals surface area contributed by atoms with Crippen molar-refractivity contribution in [2.75, 3.05) is 11.9 Å².